The molecule has 1 aliphatic rings. The molecule has 2 aromatic carbocycles. The van der Waals surface area contributed by atoms with E-state index in [0.29, 0.717) is 30.7 Å². The van der Waals surface area contributed by atoms with Gasteiger partial charge in [-0.2, -0.15) is 10.5 Å². The van der Waals surface area contributed by atoms with Crippen molar-refractivity contribution in [3.8, 4) is 23.3 Å². The van der Waals surface area contributed by atoms with Crippen LogP contribution in [0.4, 0.5) is 24.4 Å². The molecule has 1 amide bonds. The number of halogens is 3. The smallest absolute Gasteiger partial charge is 0.413 e. The van der Waals surface area contributed by atoms with Crippen LogP contribution in [0.5, 0.6) is 0 Å². The lowest BCUT2D eigenvalue weighted by Gasteiger charge is -2.35. The Morgan fingerprint density at radius 1 is 1.32 bits per heavy atom. The van der Waals surface area contributed by atoms with Gasteiger partial charge in [-0.1, -0.05) is 22.9 Å². The molecule has 0 radical (unpaired) electrons. The van der Waals surface area contributed by atoms with Crippen molar-refractivity contribution in [3.05, 3.63) is 46.6 Å². The monoisotopic (exact) mass is 595 g/mol. The highest BCUT2D eigenvalue weighted by Gasteiger charge is 2.27. The van der Waals surface area contributed by atoms with E-state index >= 15 is 4.39 Å². The van der Waals surface area contributed by atoms with Crippen LogP contribution in [-0.4, -0.2) is 47.3 Å². The standard InChI is InChI=1S/C28H24ClF2N7O2S/c1-28(2,3)40-27(39)37-26-36-23-16(4-5-19(30)25(23)41-26)20-18(29)10-17-22(21(20)31)35-12-14(11-33)24(17)38-9-8-34-15(13-38)6-7-32/h4-5,10,12,15,34H,6,8-9,13H2,1-3H3,(H,36,37,39)/t15-/m0/s1. The number of rotatable bonds is 4. The van der Waals surface area contributed by atoms with Gasteiger partial charge >= 0.3 is 6.09 Å². The molecule has 0 aliphatic carbocycles. The van der Waals surface area contributed by atoms with Crippen molar-refractivity contribution in [3.63, 3.8) is 0 Å². The number of hydrogen-bond acceptors (Lipinski definition) is 9. The van der Waals surface area contributed by atoms with E-state index in [2.05, 4.69) is 32.7 Å². The second kappa shape index (κ2) is 11.1. The van der Waals surface area contributed by atoms with Gasteiger partial charge in [-0.15, -0.1) is 0 Å². The Hall–Kier alpha value is -4.10. The van der Waals surface area contributed by atoms with Crippen LogP contribution in [-0.2, 0) is 4.74 Å². The molecule has 2 N–H and O–H groups in total. The molecule has 1 saturated heterocycles. The largest absolute Gasteiger partial charge is 0.444 e. The van der Waals surface area contributed by atoms with Crippen molar-refractivity contribution in [2.45, 2.75) is 38.8 Å². The summed E-state index contributed by atoms with van der Waals surface area (Å²) in [7, 11) is 0. The van der Waals surface area contributed by atoms with Crippen LogP contribution in [0.25, 0.3) is 32.2 Å². The third-order valence-corrected chi connectivity index (χ3v) is 7.71. The van der Waals surface area contributed by atoms with Gasteiger partial charge in [-0.05, 0) is 39.0 Å². The van der Waals surface area contributed by atoms with Gasteiger partial charge in [-0.25, -0.2) is 18.6 Å². The maximum Gasteiger partial charge on any atom is 0.413 e. The SMILES string of the molecule is CC(C)(C)OC(=O)Nc1nc2c(-c3c(Cl)cc4c(N5CCN[C@@H](CC#N)C5)c(C#N)cnc4c3F)ccc(F)c2s1. The van der Waals surface area contributed by atoms with Gasteiger partial charge < -0.3 is 15.0 Å². The molecule has 0 bridgehead atoms. The van der Waals surface area contributed by atoms with E-state index in [1.165, 1.54) is 18.3 Å². The first-order chi connectivity index (χ1) is 19.5. The van der Waals surface area contributed by atoms with Gasteiger partial charge in [0.15, 0.2) is 10.9 Å². The Morgan fingerprint density at radius 3 is 2.80 bits per heavy atom. The normalized spacial score (nSPS) is 15.5. The van der Waals surface area contributed by atoms with Gasteiger partial charge in [0.25, 0.3) is 0 Å². The fourth-order valence-electron chi connectivity index (χ4n) is 4.82. The van der Waals surface area contributed by atoms with E-state index in [1.807, 2.05) is 4.90 Å². The summed E-state index contributed by atoms with van der Waals surface area (Å²) in [6.45, 7) is 6.66. The molecule has 210 valence electrons. The maximum absolute atomic E-state index is 16.3. The van der Waals surface area contributed by atoms with Crippen molar-refractivity contribution in [1.82, 2.24) is 15.3 Å². The Balaban J connectivity index is 1.63. The highest BCUT2D eigenvalue weighted by molar-refractivity contribution is 7.22. The number of nitriles is 2. The number of amides is 1. The molecule has 1 atom stereocenters. The van der Waals surface area contributed by atoms with E-state index in [4.69, 9.17) is 21.6 Å². The number of carbonyl (C=O) groups is 1. The molecular weight excluding hydrogens is 572 g/mol. The number of piperazine rings is 1. The number of nitrogens with one attached hydrogen (secondary N) is 2. The van der Waals surface area contributed by atoms with Crippen LogP contribution in [0.1, 0.15) is 32.8 Å². The van der Waals surface area contributed by atoms with Crippen LogP contribution >= 0.6 is 22.9 Å². The Labute approximate surface area is 243 Å². The highest BCUT2D eigenvalue weighted by Crippen LogP contribution is 2.43. The summed E-state index contributed by atoms with van der Waals surface area (Å²) in [5.41, 5.74) is 0.241. The average molecular weight is 596 g/mol. The summed E-state index contributed by atoms with van der Waals surface area (Å²) in [6, 6.07) is 8.26. The summed E-state index contributed by atoms with van der Waals surface area (Å²) >= 11 is 7.58. The van der Waals surface area contributed by atoms with Gasteiger partial charge in [-0.3, -0.25) is 10.3 Å². The molecule has 4 aromatic rings. The molecular formula is C28H24ClF2N7O2S. The number of benzene rings is 2. The summed E-state index contributed by atoms with van der Waals surface area (Å²) in [4.78, 5) is 22.8. The van der Waals surface area contributed by atoms with Crippen LogP contribution in [0, 0.1) is 34.3 Å². The number of fused-ring (bicyclic) bond motifs is 2. The molecule has 3 heterocycles. The van der Waals surface area contributed by atoms with Gasteiger partial charge in [0.1, 0.15) is 23.0 Å². The molecule has 13 heteroatoms. The first-order valence-corrected chi connectivity index (χ1v) is 13.9. The third kappa shape index (κ3) is 5.59. The van der Waals surface area contributed by atoms with Crippen molar-refractivity contribution in [2.24, 2.45) is 0 Å². The second-order valence-corrected chi connectivity index (χ2v) is 11.9. The minimum atomic E-state index is -0.761. The zero-order valence-electron chi connectivity index (χ0n) is 22.3. The molecule has 41 heavy (non-hydrogen) atoms. The van der Waals surface area contributed by atoms with Gasteiger partial charge in [0.05, 0.1) is 39.0 Å². The molecule has 1 aliphatic heterocycles. The fraction of sp³-hybridized carbons (Fsp3) is 0.321. The number of carbonyl (C=O) groups excluding carboxylic acids is 1. The molecule has 5 rings (SSSR count). The number of ether oxygens (including phenoxy) is 1. The second-order valence-electron chi connectivity index (χ2n) is 10.5. The third-order valence-electron chi connectivity index (χ3n) is 6.43. The quantitative estimate of drug-likeness (QED) is 0.279. The maximum atomic E-state index is 16.3. The zero-order valence-corrected chi connectivity index (χ0v) is 23.9. The number of aromatic nitrogens is 2. The van der Waals surface area contributed by atoms with Gasteiger partial charge in [0.2, 0.25) is 0 Å². The lowest BCUT2D eigenvalue weighted by molar-refractivity contribution is 0.0636. The number of anilines is 2. The van der Waals surface area contributed by atoms with E-state index in [1.54, 1.807) is 26.8 Å². The minimum absolute atomic E-state index is 0.0133. The van der Waals surface area contributed by atoms with E-state index in [0.717, 1.165) is 11.3 Å². The molecule has 9 nitrogen and oxygen atoms in total. The molecule has 0 unspecified atom stereocenters. The molecule has 0 saturated carbocycles. The van der Waals surface area contributed by atoms with Crippen molar-refractivity contribution in [1.29, 1.82) is 10.5 Å². The van der Waals surface area contributed by atoms with Crippen LogP contribution in [0.15, 0.2) is 24.4 Å². The molecule has 1 fully saturated rings. The van der Waals surface area contributed by atoms with E-state index in [-0.39, 0.29) is 55.0 Å². The number of nitrogens with zero attached hydrogens (tertiary/aromatic N) is 5. The highest BCUT2D eigenvalue weighted by atomic mass is 35.5. The van der Waals surface area contributed by atoms with E-state index < -0.39 is 23.3 Å². The Bertz CT molecular complexity index is 1770. The average Bonchev–Trinajstić information content (AvgIpc) is 3.33. The van der Waals surface area contributed by atoms with Crippen LogP contribution < -0.4 is 15.5 Å². The number of pyridine rings is 1. The number of hydrogen-bond donors (Lipinski definition) is 2. The first-order valence-electron chi connectivity index (χ1n) is 12.7. The van der Waals surface area contributed by atoms with Crippen molar-refractivity contribution < 1.29 is 18.3 Å². The summed E-state index contributed by atoms with van der Waals surface area (Å²) in [5.74, 6) is -1.36. The van der Waals surface area contributed by atoms with E-state index in [9.17, 15) is 14.4 Å². The number of thiazole rings is 1. The Morgan fingerprint density at radius 2 is 2.10 bits per heavy atom. The van der Waals surface area contributed by atoms with Crippen molar-refractivity contribution >= 4 is 61.0 Å². The summed E-state index contributed by atoms with van der Waals surface area (Å²) < 4.78 is 36.5. The van der Waals surface area contributed by atoms with Crippen LogP contribution in [0.3, 0.4) is 0 Å². The Kier molecular flexibility index (Phi) is 7.66. The first kappa shape index (κ1) is 28.4. The minimum Gasteiger partial charge on any atom is -0.444 e. The van der Waals surface area contributed by atoms with Crippen LogP contribution in [0.2, 0.25) is 5.02 Å². The summed E-state index contributed by atoms with van der Waals surface area (Å²) in [5, 5.41) is 25.2. The summed E-state index contributed by atoms with van der Waals surface area (Å²) in [6.07, 6.45) is 0.828. The molecule has 0 spiro atoms. The zero-order chi connectivity index (χ0) is 29.5. The lowest BCUT2D eigenvalue weighted by Crippen LogP contribution is -2.50. The predicted octanol–water partition coefficient (Wildman–Crippen LogP) is 6.35. The fourth-order valence-corrected chi connectivity index (χ4v) is 5.99. The van der Waals surface area contributed by atoms with Crippen molar-refractivity contribution in [2.75, 3.05) is 29.9 Å². The lowest BCUT2D eigenvalue weighted by atomic mass is 9.99. The van der Waals surface area contributed by atoms with Gasteiger partial charge in [0, 0.05) is 48.4 Å². The predicted molar refractivity (Wildman–Crippen MR) is 154 cm³/mol. The topological polar surface area (TPSA) is 127 Å². The molecule has 2 aromatic heterocycles.